The lowest BCUT2D eigenvalue weighted by molar-refractivity contribution is 0.397. The van der Waals surface area contributed by atoms with Gasteiger partial charge in [-0.15, -0.1) is 11.8 Å². The summed E-state index contributed by atoms with van der Waals surface area (Å²) in [4.78, 5) is 5.58. The molecule has 94 valence electrons. The molecule has 3 nitrogen and oxygen atoms in total. The van der Waals surface area contributed by atoms with Gasteiger partial charge in [0.15, 0.2) is 0 Å². The highest BCUT2D eigenvalue weighted by molar-refractivity contribution is 7.98. The summed E-state index contributed by atoms with van der Waals surface area (Å²) in [6.07, 6.45) is 0. The van der Waals surface area contributed by atoms with Gasteiger partial charge in [-0.3, -0.25) is 0 Å². The fourth-order valence-corrected chi connectivity index (χ4v) is 2.45. The van der Waals surface area contributed by atoms with Crippen LogP contribution in [0.5, 0.6) is 5.88 Å². The van der Waals surface area contributed by atoms with E-state index in [-0.39, 0.29) is 0 Å². The molecule has 0 fully saturated rings. The van der Waals surface area contributed by atoms with E-state index in [0.29, 0.717) is 5.88 Å². The molecule has 0 aliphatic heterocycles. The zero-order valence-corrected chi connectivity index (χ0v) is 11.3. The minimum absolute atomic E-state index is 0.654. The average molecular weight is 260 g/mol. The first-order valence-corrected chi connectivity index (χ1v) is 6.66. The number of methoxy groups -OCH3 is 1. The Morgan fingerprint density at radius 1 is 1.28 bits per heavy atom. The first kappa shape index (κ1) is 12.8. The molecule has 2 N–H and O–H groups in total. The van der Waals surface area contributed by atoms with E-state index in [1.54, 1.807) is 18.9 Å². The van der Waals surface area contributed by atoms with Crippen LogP contribution in [0.2, 0.25) is 0 Å². The summed E-state index contributed by atoms with van der Waals surface area (Å²) < 4.78 is 5.10. The Morgan fingerprint density at radius 3 is 2.83 bits per heavy atom. The lowest BCUT2D eigenvalue weighted by Crippen LogP contribution is -1.92. The second kappa shape index (κ2) is 5.78. The molecule has 0 aliphatic rings. The van der Waals surface area contributed by atoms with E-state index in [0.717, 1.165) is 22.7 Å². The van der Waals surface area contributed by atoms with Crippen LogP contribution >= 0.6 is 11.8 Å². The molecule has 2 aromatic rings. The third kappa shape index (κ3) is 3.17. The number of aryl methyl sites for hydroxylation is 1. The van der Waals surface area contributed by atoms with Gasteiger partial charge < -0.3 is 10.5 Å². The van der Waals surface area contributed by atoms with Crippen LogP contribution in [0.1, 0.15) is 11.3 Å². The minimum Gasteiger partial charge on any atom is -0.481 e. The fraction of sp³-hybridized carbons (Fsp3) is 0.214. The van der Waals surface area contributed by atoms with Gasteiger partial charge in [-0.1, -0.05) is 6.07 Å². The Bertz CT molecular complexity index is 543. The molecular formula is C14H16N2OS. The number of hydrogen-bond donors (Lipinski definition) is 1. The quantitative estimate of drug-likeness (QED) is 0.677. The molecule has 0 bridgehead atoms. The number of rotatable bonds is 4. The second-order valence-electron chi connectivity index (χ2n) is 3.98. The Balaban J connectivity index is 2.04. The first-order chi connectivity index (χ1) is 8.69. The monoisotopic (exact) mass is 260 g/mol. The van der Waals surface area contributed by atoms with Crippen LogP contribution in [0, 0.1) is 6.92 Å². The van der Waals surface area contributed by atoms with Crippen molar-refractivity contribution in [3.8, 4) is 5.88 Å². The number of anilines is 1. The molecule has 1 aromatic heterocycles. The number of aromatic nitrogens is 1. The highest BCUT2D eigenvalue weighted by Gasteiger charge is 2.01. The molecule has 0 atom stereocenters. The fourth-order valence-electron chi connectivity index (χ4n) is 1.55. The highest BCUT2D eigenvalue weighted by atomic mass is 32.2. The standard InChI is InChI=1S/C14H16N2OS/c1-10-8-12(6-7-13(10)15)18-9-11-4-3-5-14(16-11)17-2/h3-8H,9,15H2,1-2H3. The number of pyridine rings is 1. The van der Waals surface area contributed by atoms with Crippen molar-refractivity contribution in [1.82, 2.24) is 4.98 Å². The second-order valence-corrected chi connectivity index (χ2v) is 5.03. The van der Waals surface area contributed by atoms with Crippen molar-refractivity contribution < 1.29 is 4.74 Å². The normalized spacial score (nSPS) is 10.3. The Labute approximate surface area is 111 Å². The summed E-state index contributed by atoms with van der Waals surface area (Å²) in [6, 6.07) is 11.9. The lowest BCUT2D eigenvalue weighted by atomic mass is 10.2. The number of nitrogens with zero attached hydrogens (tertiary/aromatic N) is 1. The number of hydrogen-bond acceptors (Lipinski definition) is 4. The van der Waals surface area contributed by atoms with Gasteiger partial charge in [-0.05, 0) is 36.8 Å². The van der Waals surface area contributed by atoms with Crippen molar-refractivity contribution in [3.05, 3.63) is 47.7 Å². The maximum atomic E-state index is 5.80. The van der Waals surface area contributed by atoms with Gasteiger partial charge in [0.05, 0.1) is 12.8 Å². The molecule has 0 radical (unpaired) electrons. The number of benzene rings is 1. The molecule has 0 amide bonds. The topological polar surface area (TPSA) is 48.1 Å². The number of nitrogens with two attached hydrogens (primary N) is 1. The van der Waals surface area contributed by atoms with E-state index < -0.39 is 0 Å². The molecule has 0 saturated heterocycles. The van der Waals surface area contributed by atoms with Crippen molar-refractivity contribution in [2.45, 2.75) is 17.6 Å². The van der Waals surface area contributed by atoms with Crippen molar-refractivity contribution in [2.75, 3.05) is 12.8 Å². The van der Waals surface area contributed by atoms with Crippen LogP contribution in [0.3, 0.4) is 0 Å². The van der Waals surface area contributed by atoms with Gasteiger partial charge in [-0.25, -0.2) is 4.98 Å². The van der Waals surface area contributed by atoms with Crippen LogP contribution in [0.15, 0.2) is 41.3 Å². The van der Waals surface area contributed by atoms with E-state index in [4.69, 9.17) is 10.5 Å². The summed E-state index contributed by atoms with van der Waals surface area (Å²) in [5, 5.41) is 0. The van der Waals surface area contributed by atoms with Crippen molar-refractivity contribution in [1.29, 1.82) is 0 Å². The predicted molar refractivity (Wildman–Crippen MR) is 75.9 cm³/mol. The third-order valence-electron chi connectivity index (χ3n) is 2.62. The molecule has 18 heavy (non-hydrogen) atoms. The molecule has 1 aromatic carbocycles. The van der Waals surface area contributed by atoms with E-state index >= 15 is 0 Å². The highest BCUT2D eigenvalue weighted by Crippen LogP contribution is 2.25. The summed E-state index contributed by atoms with van der Waals surface area (Å²) in [5.74, 6) is 1.47. The number of ether oxygens (including phenoxy) is 1. The molecule has 1 heterocycles. The largest absolute Gasteiger partial charge is 0.481 e. The van der Waals surface area contributed by atoms with Crippen LogP contribution in [0.25, 0.3) is 0 Å². The molecule has 2 rings (SSSR count). The number of nitrogen functional groups attached to an aromatic ring is 1. The Hall–Kier alpha value is -1.68. The minimum atomic E-state index is 0.654. The van der Waals surface area contributed by atoms with E-state index in [2.05, 4.69) is 11.1 Å². The average Bonchev–Trinajstić information content (AvgIpc) is 2.40. The van der Waals surface area contributed by atoms with E-state index in [1.807, 2.05) is 37.3 Å². The zero-order valence-electron chi connectivity index (χ0n) is 10.5. The van der Waals surface area contributed by atoms with Crippen molar-refractivity contribution >= 4 is 17.4 Å². The summed E-state index contributed by atoms with van der Waals surface area (Å²) in [5.41, 5.74) is 8.75. The van der Waals surface area contributed by atoms with Crippen LogP contribution in [0.4, 0.5) is 5.69 Å². The summed E-state index contributed by atoms with van der Waals surface area (Å²) in [6.45, 7) is 2.02. The Morgan fingerprint density at radius 2 is 2.11 bits per heavy atom. The molecule has 0 unspecified atom stereocenters. The molecule has 4 heteroatoms. The van der Waals surface area contributed by atoms with Crippen LogP contribution in [-0.4, -0.2) is 12.1 Å². The van der Waals surface area contributed by atoms with Crippen LogP contribution in [-0.2, 0) is 5.75 Å². The van der Waals surface area contributed by atoms with Gasteiger partial charge in [0.25, 0.3) is 0 Å². The summed E-state index contributed by atoms with van der Waals surface area (Å²) >= 11 is 1.74. The summed E-state index contributed by atoms with van der Waals surface area (Å²) in [7, 11) is 1.63. The van der Waals surface area contributed by atoms with Gasteiger partial charge in [-0.2, -0.15) is 0 Å². The molecule has 0 spiro atoms. The smallest absolute Gasteiger partial charge is 0.213 e. The molecule has 0 aliphatic carbocycles. The molecular weight excluding hydrogens is 244 g/mol. The van der Waals surface area contributed by atoms with Gasteiger partial charge >= 0.3 is 0 Å². The third-order valence-corrected chi connectivity index (χ3v) is 3.65. The SMILES string of the molecule is COc1cccc(CSc2ccc(N)c(C)c2)n1. The lowest BCUT2D eigenvalue weighted by Gasteiger charge is -2.05. The van der Waals surface area contributed by atoms with Crippen molar-refractivity contribution in [2.24, 2.45) is 0 Å². The number of thioether (sulfide) groups is 1. The Kier molecular flexibility index (Phi) is 4.10. The zero-order chi connectivity index (χ0) is 13.0. The maximum absolute atomic E-state index is 5.80. The van der Waals surface area contributed by atoms with Gasteiger partial charge in [0.2, 0.25) is 5.88 Å². The van der Waals surface area contributed by atoms with Crippen molar-refractivity contribution in [3.63, 3.8) is 0 Å². The molecule has 0 saturated carbocycles. The first-order valence-electron chi connectivity index (χ1n) is 5.68. The van der Waals surface area contributed by atoms with Crippen LogP contribution < -0.4 is 10.5 Å². The predicted octanol–water partition coefficient (Wildman–Crippen LogP) is 3.27. The van der Waals surface area contributed by atoms with Gasteiger partial charge in [0, 0.05) is 22.4 Å². The van der Waals surface area contributed by atoms with E-state index in [1.165, 1.54) is 4.90 Å². The van der Waals surface area contributed by atoms with E-state index in [9.17, 15) is 0 Å². The maximum Gasteiger partial charge on any atom is 0.213 e. The van der Waals surface area contributed by atoms with Gasteiger partial charge in [0.1, 0.15) is 0 Å².